The Morgan fingerprint density at radius 3 is 2.00 bits per heavy atom. The molecular formula is C5H8F3NOS. The summed E-state index contributed by atoms with van der Waals surface area (Å²) < 4.78 is 35.5. The molecule has 3 N–H and O–H groups in total. The molecule has 66 valence electrons. The van der Waals surface area contributed by atoms with Crippen molar-refractivity contribution in [3.63, 3.8) is 0 Å². The predicted octanol–water partition coefficient (Wildman–Crippen LogP) is 0.976. The van der Waals surface area contributed by atoms with Crippen molar-refractivity contribution >= 4 is 17.2 Å². The van der Waals surface area contributed by atoms with Gasteiger partial charge in [-0.05, 0) is 6.92 Å². The smallest absolute Gasteiger partial charge is 0.393 e. The van der Waals surface area contributed by atoms with Gasteiger partial charge in [-0.2, -0.15) is 13.2 Å². The first-order valence-corrected chi connectivity index (χ1v) is 3.15. The normalized spacial score (nSPS) is 17.5. The van der Waals surface area contributed by atoms with E-state index in [0.717, 1.165) is 0 Å². The molecule has 0 saturated carbocycles. The number of nitrogens with two attached hydrogens (primary N) is 1. The van der Waals surface area contributed by atoms with Gasteiger partial charge < -0.3 is 10.8 Å². The van der Waals surface area contributed by atoms with E-state index in [1.165, 1.54) is 0 Å². The standard InChI is InChI=1S/C5H8F3NOS/c1-4(10,2-3(9)11)5(6,7)8/h10H,2H2,1H3,(H2,9,11). The van der Waals surface area contributed by atoms with Crippen molar-refractivity contribution in [2.24, 2.45) is 5.73 Å². The fraction of sp³-hybridized carbons (Fsp3) is 0.800. The van der Waals surface area contributed by atoms with Crippen molar-refractivity contribution in [2.75, 3.05) is 0 Å². The van der Waals surface area contributed by atoms with Crippen LogP contribution in [0.4, 0.5) is 13.2 Å². The van der Waals surface area contributed by atoms with E-state index >= 15 is 0 Å². The minimum Gasteiger partial charge on any atom is -0.393 e. The van der Waals surface area contributed by atoms with E-state index in [0.29, 0.717) is 6.92 Å². The first-order chi connectivity index (χ1) is 4.67. The molecule has 0 aromatic heterocycles. The Hall–Kier alpha value is -0.360. The lowest BCUT2D eigenvalue weighted by Gasteiger charge is -2.25. The van der Waals surface area contributed by atoms with E-state index in [9.17, 15) is 13.2 Å². The summed E-state index contributed by atoms with van der Waals surface area (Å²) in [4.78, 5) is -0.354. The highest BCUT2D eigenvalue weighted by Crippen LogP contribution is 2.32. The zero-order valence-electron chi connectivity index (χ0n) is 5.77. The molecule has 0 bridgehead atoms. The maximum Gasteiger partial charge on any atom is 0.417 e. The molecule has 11 heavy (non-hydrogen) atoms. The molecule has 0 aromatic carbocycles. The Kier molecular flexibility index (Phi) is 2.85. The molecule has 0 saturated heterocycles. The van der Waals surface area contributed by atoms with Gasteiger partial charge in [0.05, 0.1) is 4.99 Å². The number of hydrogen-bond donors (Lipinski definition) is 2. The number of halogens is 3. The molecule has 0 aliphatic heterocycles. The van der Waals surface area contributed by atoms with Gasteiger partial charge in [0.15, 0.2) is 5.60 Å². The summed E-state index contributed by atoms with van der Waals surface area (Å²) in [7, 11) is 0. The van der Waals surface area contributed by atoms with Crippen LogP contribution in [0.3, 0.4) is 0 Å². The first-order valence-electron chi connectivity index (χ1n) is 2.74. The van der Waals surface area contributed by atoms with E-state index in [4.69, 9.17) is 10.8 Å². The number of alkyl halides is 3. The second-order valence-corrected chi connectivity index (χ2v) is 2.94. The largest absolute Gasteiger partial charge is 0.417 e. The second-order valence-electron chi connectivity index (χ2n) is 2.41. The van der Waals surface area contributed by atoms with Gasteiger partial charge in [0.2, 0.25) is 0 Å². The minimum atomic E-state index is -4.68. The Labute approximate surface area is 67.2 Å². The lowest BCUT2D eigenvalue weighted by molar-refractivity contribution is -0.249. The third-order valence-corrected chi connectivity index (χ3v) is 1.27. The molecule has 0 aliphatic carbocycles. The molecule has 1 atom stereocenters. The van der Waals surface area contributed by atoms with Crippen molar-refractivity contribution in [1.82, 2.24) is 0 Å². The number of aliphatic hydroxyl groups is 1. The van der Waals surface area contributed by atoms with Crippen molar-refractivity contribution < 1.29 is 18.3 Å². The molecule has 1 unspecified atom stereocenters. The minimum absolute atomic E-state index is 0.354. The summed E-state index contributed by atoms with van der Waals surface area (Å²) in [6.07, 6.45) is -5.43. The summed E-state index contributed by atoms with van der Waals surface area (Å²) in [5.74, 6) is 0. The number of rotatable bonds is 2. The molecule has 2 nitrogen and oxygen atoms in total. The van der Waals surface area contributed by atoms with Crippen LogP contribution in [-0.2, 0) is 0 Å². The summed E-state index contributed by atoms with van der Waals surface area (Å²) in [5.41, 5.74) is 2.04. The highest BCUT2D eigenvalue weighted by molar-refractivity contribution is 7.80. The number of thiocarbonyl (C=S) groups is 1. The first kappa shape index (κ1) is 10.6. The van der Waals surface area contributed by atoms with Gasteiger partial charge >= 0.3 is 6.18 Å². The van der Waals surface area contributed by atoms with Gasteiger partial charge in [0, 0.05) is 6.42 Å². The van der Waals surface area contributed by atoms with Gasteiger partial charge in [-0.25, -0.2) is 0 Å². The van der Waals surface area contributed by atoms with Crippen LogP contribution < -0.4 is 5.73 Å². The van der Waals surface area contributed by atoms with E-state index in [1.54, 1.807) is 0 Å². The molecule has 0 fully saturated rings. The lowest BCUT2D eigenvalue weighted by Crippen LogP contribution is -2.44. The van der Waals surface area contributed by atoms with E-state index in [1.807, 2.05) is 0 Å². The molecule has 0 radical (unpaired) electrons. The van der Waals surface area contributed by atoms with Crippen LogP contribution in [0.15, 0.2) is 0 Å². The Balaban J connectivity index is 4.34. The molecule has 0 amide bonds. The SMILES string of the molecule is CC(O)(CC(N)=S)C(F)(F)F. The van der Waals surface area contributed by atoms with Crippen LogP contribution in [0, 0.1) is 0 Å². The van der Waals surface area contributed by atoms with Crippen LogP contribution in [0.1, 0.15) is 13.3 Å². The van der Waals surface area contributed by atoms with E-state index in [-0.39, 0.29) is 4.99 Å². The molecule has 0 aromatic rings. The second kappa shape index (κ2) is 2.94. The Morgan fingerprint density at radius 2 is 1.91 bits per heavy atom. The number of hydrogen-bond acceptors (Lipinski definition) is 2. The van der Waals surface area contributed by atoms with Gasteiger partial charge in [0.1, 0.15) is 0 Å². The van der Waals surface area contributed by atoms with Crippen LogP contribution >= 0.6 is 12.2 Å². The fourth-order valence-corrected chi connectivity index (χ4v) is 0.721. The quantitative estimate of drug-likeness (QED) is 0.633. The summed E-state index contributed by atoms with van der Waals surface area (Å²) in [6.45, 7) is 0.631. The van der Waals surface area contributed by atoms with Crippen molar-refractivity contribution in [2.45, 2.75) is 25.1 Å². The van der Waals surface area contributed by atoms with Crippen LogP contribution in [0.5, 0.6) is 0 Å². The van der Waals surface area contributed by atoms with Gasteiger partial charge in [-0.1, -0.05) is 12.2 Å². The summed E-state index contributed by atoms with van der Waals surface area (Å²) >= 11 is 4.23. The molecular weight excluding hydrogens is 179 g/mol. The molecule has 0 spiro atoms. The maximum absolute atomic E-state index is 11.8. The van der Waals surface area contributed by atoms with Crippen molar-refractivity contribution in [3.8, 4) is 0 Å². The lowest BCUT2D eigenvalue weighted by atomic mass is 10.0. The third-order valence-electron chi connectivity index (χ3n) is 1.13. The van der Waals surface area contributed by atoms with Crippen LogP contribution in [0.25, 0.3) is 0 Å². The van der Waals surface area contributed by atoms with E-state index in [2.05, 4.69) is 12.2 Å². The van der Waals surface area contributed by atoms with E-state index < -0.39 is 18.2 Å². The average Bonchev–Trinajstić information content (AvgIpc) is 1.56. The topological polar surface area (TPSA) is 46.2 Å². The highest BCUT2D eigenvalue weighted by atomic mass is 32.1. The van der Waals surface area contributed by atoms with Crippen LogP contribution in [0.2, 0.25) is 0 Å². The van der Waals surface area contributed by atoms with Crippen LogP contribution in [-0.4, -0.2) is 21.9 Å². The van der Waals surface area contributed by atoms with Gasteiger partial charge in [0.25, 0.3) is 0 Å². The maximum atomic E-state index is 11.8. The molecule has 0 aliphatic rings. The fourth-order valence-electron chi connectivity index (χ4n) is 0.439. The zero-order chi connectivity index (χ0) is 9.28. The predicted molar refractivity (Wildman–Crippen MR) is 38.1 cm³/mol. The monoisotopic (exact) mass is 187 g/mol. The molecule has 0 heterocycles. The van der Waals surface area contributed by atoms with Crippen molar-refractivity contribution in [3.05, 3.63) is 0 Å². The zero-order valence-corrected chi connectivity index (χ0v) is 6.59. The Morgan fingerprint density at radius 1 is 1.55 bits per heavy atom. The highest BCUT2D eigenvalue weighted by Gasteiger charge is 2.49. The molecule has 0 rings (SSSR count). The van der Waals surface area contributed by atoms with Gasteiger partial charge in [-0.15, -0.1) is 0 Å². The Bertz CT molecular complexity index is 166. The van der Waals surface area contributed by atoms with Crippen molar-refractivity contribution in [1.29, 1.82) is 0 Å². The van der Waals surface area contributed by atoms with Gasteiger partial charge in [-0.3, -0.25) is 0 Å². The summed E-state index contributed by atoms with van der Waals surface area (Å²) in [5, 5.41) is 8.73. The average molecular weight is 187 g/mol. The third kappa shape index (κ3) is 3.02. The summed E-state index contributed by atoms with van der Waals surface area (Å²) in [6, 6.07) is 0. The molecule has 6 heteroatoms.